The van der Waals surface area contributed by atoms with Gasteiger partial charge in [0.25, 0.3) is 5.91 Å². The smallest absolute Gasteiger partial charge is 0.270 e. The molecule has 0 unspecified atom stereocenters. The van der Waals surface area contributed by atoms with Crippen molar-refractivity contribution in [2.75, 3.05) is 4.90 Å². The summed E-state index contributed by atoms with van der Waals surface area (Å²) in [4.78, 5) is 30.1. The van der Waals surface area contributed by atoms with Crippen LogP contribution in [0.2, 0.25) is 0 Å². The molecule has 0 bridgehead atoms. The first-order chi connectivity index (χ1) is 11.1. The van der Waals surface area contributed by atoms with Gasteiger partial charge < -0.3 is 0 Å². The Hall–Kier alpha value is -2.31. The van der Waals surface area contributed by atoms with Gasteiger partial charge >= 0.3 is 0 Å². The Kier molecular flexibility index (Phi) is 4.36. The third-order valence-electron chi connectivity index (χ3n) is 3.29. The van der Waals surface area contributed by atoms with E-state index in [1.165, 1.54) is 23.6 Å². The minimum Gasteiger partial charge on any atom is -0.295 e. The van der Waals surface area contributed by atoms with E-state index in [-0.39, 0.29) is 11.7 Å². The molecular formula is C17H12N2O2S2. The third-order valence-corrected chi connectivity index (χ3v) is 4.59. The maximum Gasteiger partial charge on any atom is 0.270 e. The fraction of sp³-hybridized carbons (Fsp3) is 0.0588. The number of carbonyl (C=O) groups is 2. The minimum atomic E-state index is -0.179. The summed E-state index contributed by atoms with van der Waals surface area (Å²) in [6.45, 7) is 1.50. The molecule has 1 aromatic carbocycles. The van der Waals surface area contributed by atoms with Crippen LogP contribution >= 0.6 is 24.0 Å². The number of pyridine rings is 1. The largest absolute Gasteiger partial charge is 0.295 e. The first-order valence-corrected chi connectivity index (χ1v) is 8.09. The van der Waals surface area contributed by atoms with Crippen LogP contribution in [0.5, 0.6) is 0 Å². The molecule has 0 radical (unpaired) electrons. The molecule has 4 nitrogen and oxygen atoms in total. The second-order valence-electron chi connectivity index (χ2n) is 4.87. The zero-order chi connectivity index (χ0) is 16.4. The van der Waals surface area contributed by atoms with E-state index in [1.807, 2.05) is 18.2 Å². The first-order valence-electron chi connectivity index (χ1n) is 6.86. The van der Waals surface area contributed by atoms with E-state index in [0.717, 1.165) is 0 Å². The zero-order valence-electron chi connectivity index (χ0n) is 12.2. The van der Waals surface area contributed by atoms with Crippen molar-refractivity contribution in [3.63, 3.8) is 0 Å². The van der Waals surface area contributed by atoms with E-state index in [1.54, 1.807) is 36.5 Å². The monoisotopic (exact) mass is 340 g/mol. The van der Waals surface area contributed by atoms with Crippen LogP contribution in [0.4, 0.5) is 5.69 Å². The van der Waals surface area contributed by atoms with Crippen molar-refractivity contribution >= 4 is 51.8 Å². The number of carbonyl (C=O) groups excluding carboxylic acids is 2. The lowest BCUT2D eigenvalue weighted by molar-refractivity contribution is -0.113. The van der Waals surface area contributed by atoms with Crippen molar-refractivity contribution in [1.29, 1.82) is 0 Å². The van der Waals surface area contributed by atoms with Crippen molar-refractivity contribution in [2.45, 2.75) is 6.92 Å². The summed E-state index contributed by atoms with van der Waals surface area (Å²) in [5.41, 5.74) is 1.96. The fourth-order valence-corrected chi connectivity index (χ4v) is 3.41. The van der Waals surface area contributed by atoms with Gasteiger partial charge in [0, 0.05) is 11.8 Å². The highest BCUT2D eigenvalue weighted by molar-refractivity contribution is 8.27. The van der Waals surface area contributed by atoms with E-state index >= 15 is 0 Å². The summed E-state index contributed by atoms with van der Waals surface area (Å²) < 4.78 is 0.466. The molecule has 0 aliphatic carbocycles. The molecule has 6 heteroatoms. The Morgan fingerprint density at radius 3 is 2.57 bits per heavy atom. The number of Topliss-reactive ketones (excluding diaryl/α,β-unsaturated/α-hetero) is 1. The first kappa shape index (κ1) is 15.6. The standard InChI is InChI=1S/C17H12N2O2S2/c1-11(20)12-5-7-14(8-6-12)19-16(21)15(23-17(19)22)10-13-4-2-3-9-18-13/h2-10H,1H3. The summed E-state index contributed by atoms with van der Waals surface area (Å²) in [5, 5.41) is 0. The molecular weight excluding hydrogens is 328 g/mol. The van der Waals surface area contributed by atoms with Crippen molar-refractivity contribution < 1.29 is 9.59 Å². The number of aromatic nitrogens is 1. The highest BCUT2D eigenvalue weighted by Gasteiger charge is 2.33. The average molecular weight is 340 g/mol. The lowest BCUT2D eigenvalue weighted by atomic mass is 10.1. The highest BCUT2D eigenvalue weighted by Crippen LogP contribution is 2.35. The number of hydrogen-bond donors (Lipinski definition) is 0. The molecule has 0 N–H and O–H groups in total. The van der Waals surface area contributed by atoms with Gasteiger partial charge in [0.05, 0.1) is 16.3 Å². The van der Waals surface area contributed by atoms with Crippen molar-refractivity contribution in [2.24, 2.45) is 0 Å². The molecule has 0 atom stereocenters. The quantitative estimate of drug-likeness (QED) is 0.484. The average Bonchev–Trinajstić information content (AvgIpc) is 2.82. The van der Waals surface area contributed by atoms with Crippen LogP contribution in [0, 0.1) is 0 Å². The number of anilines is 1. The highest BCUT2D eigenvalue weighted by atomic mass is 32.2. The number of thiocarbonyl (C=S) groups is 1. The van der Waals surface area contributed by atoms with Gasteiger partial charge in [-0.25, -0.2) is 0 Å². The molecule has 3 rings (SSSR count). The number of ketones is 1. The second kappa shape index (κ2) is 6.44. The van der Waals surface area contributed by atoms with E-state index in [9.17, 15) is 9.59 Å². The van der Waals surface area contributed by atoms with Gasteiger partial charge in [-0.2, -0.15) is 0 Å². The molecule has 1 saturated heterocycles. The van der Waals surface area contributed by atoms with Gasteiger partial charge in [-0.1, -0.05) is 30.0 Å². The lowest BCUT2D eigenvalue weighted by Gasteiger charge is -2.14. The van der Waals surface area contributed by atoms with E-state index in [4.69, 9.17) is 12.2 Å². The summed E-state index contributed by atoms with van der Waals surface area (Å²) in [7, 11) is 0. The van der Waals surface area contributed by atoms with Crippen LogP contribution < -0.4 is 4.90 Å². The molecule has 1 amide bonds. The summed E-state index contributed by atoms with van der Waals surface area (Å²) in [5.74, 6) is -0.196. The Morgan fingerprint density at radius 1 is 1.22 bits per heavy atom. The van der Waals surface area contributed by atoms with E-state index < -0.39 is 0 Å². The lowest BCUT2D eigenvalue weighted by Crippen LogP contribution is -2.27. The molecule has 1 aliphatic heterocycles. The zero-order valence-corrected chi connectivity index (χ0v) is 13.9. The molecule has 2 heterocycles. The van der Waals surface area contributed by atoms with Gasteiger partial charge in [0.1, 0.15) is 0 Å². The SMILES string of the molecule is CC(=O)c1ccc(N2C(=O)C(=Cc3ccccn3)SC2=S)cc1. The van der Waals surface area contributed by atoms with Crippen LogP contribution in [0.15, 0.2) is 53.6 Å². The normalized spacial score (nSPS) is 16.2. The van der Waals surface area contributed by atoms with Gasteiger partial charge in [-0.3, -0.25) is 19.5 Å². The maximum absolute atomic E-state index is 12.6. The van der Waals surface area contributed by atoms with Crippen LogP contribution in [0.3, 0.4) is 0 Å². The van der Waals surface area contributed by atoms with Gasteiger partial charge in [0.15, 0.2) is 10.1 Å². The van der Waals surface area contributed by atoms with Gasteiger partial charge in [-0.15, -0.1) is 0 Å². The number of thioether (sulfide) groups is 1. The Labute approximate surface area is 143 Å². The van der Waals surface area contributed by atoms with Crippen LogP contribution in [-0.4, -0.2) is 21.0 Å². The molecule has 2 aromatic rings. The number of hydrogen-bond acceptors (Lipinski definition) is 5. The molecule has 0 saturated carbocycles. The topological polar surface area (TPSA) is 50.3 Å². The number of benzene rings is 1. The Balaban J connectivity index is 1.90. The van der Waals surface area contributed by atoms with Crippen LogP contribution in [0.1, 0.15) is 23.0 Å². The molecule has 23 heavy (non-hydrogen) atoms. The van der Waals surface area contributed by atoms with Crippen LogP contribution in [0.25, 0.3) is 6.08 Å². The van der Waals surface area contributed by atoms with Gasteiger partial charge in [-0.05, 0) is 49.4 Å². The van der Waals surface area contributed by atoms with Gasteiger partial charge in [0.2, 0.25) is 0 Å². The predicted octanol–water partition coefficient (Wildman–Crippen LogP) is 3.69. The Morgan fingerprint density at radius 2 is 1.96 bits per heavy atom. The number of nitrogens with zero attached hydrogens (tertiary/aromatic N) is 2. The molecule has 114 valence electrons. The van der Waals surface area contributed by atoms with Crippen molar-refractivity contribution in [3.05, 3.63) is 64.8 Å². The summed E-state index contributed by atoms with van der Waals surface area (Å²) in [6.07, 6.45) is 3.40. The van der Waals surface area contributed by atoms with E-state index in [0.29, 0.717) is 26.2 Å². The maximum atomic E-state index is 12.6. The minimum absolute atomic E-state index is 0.0167. The Bertz CT molecular complexity index is 814. The second-order valence-corrected chi connectivity index (χ2v) is 6.55. The predicted molar refractivity (Wildman–Crippen MR) is 96.3 cm³/mol. The summed E-state index contributed by atoms with van der Waals surface area (Å²) >= 11 is 6.56. The molecule has 1 fully saturated rings. The van der Waals surface area contributed by atoms with Crippen molar-refractivity contribution in [3.8, 4) is 0 Å². The molecule has 1 aliphatic rings. The number of amides is 1. The fourth-order valence-electron chi connectivity index (χ4n) is 2.13. The third kappa shape index (κ3) is 3.23. The number of rotatable bonds is 3. The molecule has 1 aromatic heterocycles. The molecule has 0 spiro atoms. The van der Waals surface area contributed by atoms with Crippen molar-refractivity contribution in [1.82, 2.24) is 4.98 Å². The van der Waals surface area contributed by atoms with Crippen LogP contribution in [-0.2, 0) is 4.79 Å². The van der Waals surface area contributed by atoms with E-state index in [2.05, 4.69) is 4.98 Å². The summed E-state index contributed by atoms with van der Waals surface area (Å²) in [6, 6.07) is 12.3.